The van der Waals surface area contributed by atoms with E-state index in [0.717, 1.165) is 0 Å². The lowest BCUT2D eigenvalue weighted by atomic mass is 10.1. The summed E-state index contributed by atoms with van der Waals surface area (Å²) < 4.78 is 0. The van der Waals surface area contributed by atoms with E-state index in [-0.39, 0.29) is 0 Å². The quantitative estimate of drug-likeness (QED) is 0.248. The largest absolute Gasteiger partial charge is 0.186 e. The monoisotopic (exact) mass is 46.0 g/mol. The van der Waals surface area contributed by atoms with Crippen molar-refractivity contribution in [2.45, 2.75) is 0 Å². The van der Waals surface area contributed by atoms with Crippen LogP contribution in [-0.2, 0) is 0 Å². The van der Waals surface area contributed by atoms with Crippen LogP contribution in [0.25, 0.3) is 0 Å². The van der Waals surface area contributed by atoms with Crippen LogP contribution in [0.5, 0.6) is 0 Å². The molecule has 0 amide bonds. The molecule has 0 aliphatic rings. The molecular weight excluding hydrogens is 45.6 g/mol. The summed E-state index contributed by atoms with van der Waals surface area (Å²) in [4.78, 5) is 0. The van der Waals surface area contributed by atoms with Gasteiger partial charge in [-0.05, 0) is 0 Å². The van der Waals surface area contributed by atoms with Crippen molar-refractivity contribution in [2.75, 3.05) is 0 Å². The standard InChI is InChI=1S/C2B2/c3-1-2-4. The Morgan fingerprint density at radius 2 is 1.25 bits per heavy atom. The minimum Gasteiger partial charge on any atom is -0.186 e. The highest BCUT2D eigenvalue weighted by Crippen LogP contribution is 1.21. The minimum absolute atomic E-state index is 1.96. The van der Waals surface area contributed by atoms with Crippen molar-refractivity contribution in [3.63, 3.8) is 0 Å². The van der Waals surface area contributed by atoms with Crippen LogP contribution in [0.3, 0.4) is 0 Å². The number of rotatable bonds is 0. The molecule has 0 saturated carbocycles. The summed E-state index contributed by atoms with van der Waals surface area (Å²) in [7, 11) is 9.08. The van der Waals surface area contributed by atoms with E-state index in [2.05, 4.69) is 15.7 Å². The van der Waals surface area contributed by atoms with Crippen LogP contribution in [-0.4, -0.2) is 15.7 Å². The van der Waals surface area contributed by atoms with E-state index in [1.54, 1.807) is 0 Å². The molecule has 0 spiro atoms. The molecule has 0 aromatic rings. The van der Waals surface area contributed by atoms with Gasteiger partial charge in [-0.15, -0.1) is 0 Å². The Balaban J connectivity index is 2.83. The Kier molecular flexibility index (Phi) is 2.48. The molecule has 0 N–H and O–H groups in total. The summed E-state index contributed by atoms with van der Waals surface area (Å²) >= 11 is 0. The van der Waals surface area contributed by atoms with Crippen LogP contribution in [0.4, 0.5) is 0 Å². The summed E-state index contributed by atoms with van der Waals surface area (Å²) in [5.41, 5.74) is 0. The van der Waals surface area contributed by atoms with Gasteiger partial charge >= 0.3 is 0 Å². The first-order valence-corrected chi connectivity index (χ1v) is 0.827. The summed E-state index contributed by atoms with van der Waals surface area (Å²) in [6.45, 7) is 0. The average Bonchev–Trinajstić information content (AvgIpc) is 1.37. The molecule has 0 unspecified atom stereocenters. The van der Waals surface area contributed by atoms with Crippen LogP contribution in [0.15, 0.2) is 0 Å². The average molecular weight is 45.6 g/mol. The lowest BCUT2D eigenvalue weighted by molar-refractivity contribution is 2.95. The van der Waals surface area contributed by atoms with E-state index in [1.807, 2.05) is 11.6 Å². The SMILES string of the molecule is [B]C#C[B]. The first-order valence-electron chi connectivity index (χ1n) is 0.827. The lowest BCUT2D eigenvalue weighted by Crippen LogP contribution is -1.48. The van der Waals surface area contributed by atoms with E-state index in [9.17, 15) is 0 Å². The molecule has 4 radical (unpaired) electrons. The zero-order valence-corrected chi connectivity index (χ0v) is 2.15. The molecule has 0 aliphatic carbocycles. The Hall–Kier alpha value is -0.310. The fourth-order valence-corrected chi connectivity index (χ4v) is 0. The lowest BCUT2D eigenvalue weighted by Gasteiger charge is -1.39. The fraction of sp³-hybridized carbons (Fsp3) is 0. The Morgan fingerprint density at radius 1 is 1.00 bits per heavy atom. The van der Waals surface area contributed by atoms with Gasteiger partial charge in [-0.3, -0.25) is 0 Å². The normalized spacial score (nSPS) is 3.00. The van der Waals surface area contributed by atoms with Crippen LogP contribution in [0.1, 0.15) is 0 Å². The van der Waals surface area contributed by atoms with Crippen LogP contribution < -0.4 is 0 Å². The van der Waals surface area contributed by atoms with Gasteiger partial charge < -0.3 is 0 Å². The zero-order chi connectivity index (χ0) is 3.41. The molecule has 2 heteroatoms. The first kappa shape index (κ1) is 3.69. The highest BCUT2D eigenvalue weighted by Gasteiger charge is 1.30. The Bertz CT molecular complexity index is 40.8. The zero-order valence-electron chi connectivity index (χ0n) is 2.15. The third-order valence-electron chi connectivity index (χ3n) is 0.0833. The van der Waals surface area contributed by atoms with Crippen molar-refractivity contribution in [1.29, 1.82) is 0 Å². The van der Waals surface area contributed by atoms with E-state index in [0.29, 0.717) is 0 Å². The van der Waals surface area contributed by atoms with Crippen molar-refractivity contribution < 1.29 is 0 Å². The minimum atomic E-state index is 1.96. The maximum atomic E-state index is 4.54. The maximum absolute atomic E-state index is 4.54. The van der Waals surface area contributed by atoms with Crippen molar-refractivity contribution in [2.24, 2.45) is 0 Å². The summed E-state index contributed by atoms with van der Waals surface area (Å²) in [5.74, 6) is 3.92. The first-order chi connectivity index (χ1) is 1.91. The molecule has 0 heterocycles. The molecule has 0 aromatic carbocycles. The Labute approximate surface area is 28.4 Å². The second-order valence-corrected chi connectivity index (χ2v) is 0.289. The third-order valence-corrected chi connectivity index (χ3v) is 0.0833. The van der Waals surface area contributed by atoms with E-state index >= 15 is 0 Å². The van der Waals surface area contributed by atoms with Gasteiger partial charge in [0.25, 0.3) is 0 Å². The smallest absolute Gasteiger partial charge is 0.186 e. The molecule has 0 rings (SSSR count). The van der Waals surface area contributed by atoms with E-state index in [4.69, 9.17) is 0 Å². The molecule has 14 valence electrons. The molecule has 0 atom stereocenters. The third kappa shape index (κ3) is 1.69. The van der Waals surface area contributed by atoms with Crippen LogP contribution in [0.2, 0.25) is 0 Å². The molecule has 0 aromatic heterocycles. The van der Waals surface area contributed by atoms with Crippen molar-refractivity contribution >= 4 is 15.7 Å². The molecule has 0 saturated heterocycles. The summed E-state index contributed by atoms with van der Waals surface area (Å²) in [6, 6.07) is 0. The Morgan fingerprint density at radius 3 is 1.25 bits per heavy atom. The highest BCUT2D eigenvalue weighted by atomic mass is 13.0. The van der Waals surface area contributed by atoms with Gasteiger partial charge in [0.05, 0.1) is 0 Å². The van der Waals surface area contributed by atoms with Gasteiger partial charge in [0.1, 0.15) is 0 Å². The molecule has 0 bridgehead atoms. The highest BCUT2D eigenvalue weighted by molar-refractivity contribution is 6.30. The van der Waals surface area contributed by atoms with Crippen LogP contribution in [0, 0.1) is 11.6 Å². The number of hydrogen-bond donors (Lipinski definition) is 0. The van der Waals surface area contributed by atoms with Gasteiger partial charge in [0.2, 0.25) is 0 Å². The van der Waals surface area contributed by atoms with Gasteiger partial charge in [-0.25, -0.2) is 0 Å². The predicted octanol–water partition coefficient (Wildman–Crippen LogP) is -0.758. The topological polar surface area (TPSA) is 0 Å². The number of hydrogen-bond acceptors (Lipinski definition) is 0. The van der Waals surface area contributed by atoms with Gasteiger partial charge in [0, 0.05) is 0 Å². The maximum Gasteiger partial charge on any atom is 0.186 e. The molecule has 0 aliphatic heterocycles. The molecular formula is C2B2. The summed E-state index contributed by atoms with van der Waals surface area (Å²) in [6.07, 6.45) is 0. The van der Waals surface area contributed by atoms with E-state index < -0.39 is 0 Å². The second kappa shape index (κ2) is 2.69. The molecule has 0 nitrogen and oxygen atoms in total. The summed E-state index contributed by atoms with van der Waals surface area (Å²) in [5, 5.41) is 0. The van der Waals surface area contributed by atoms with Gasteiger partial charge in [-0.1, -0.05) is 0 Å². The van der Waals surface area contributed by atoms with Gasteiger partial charge in [-0.2, -0.15) is 11.6 Å². The predicted molar refractivity (Wildman–Crippen MR) is 19.3 cm³/mol. The van der Waals surface area contributed by atoms with Crippen molar-refractivity contribution in [1.82, 2.24) is 0 Å². The van der Waals surface area contributed by atoms with Crippen LogP contribution >= 0.6 is 0 Å². The molecule has 4 heavy (non-hydrogen) atoms. The van der Waals surface area contributed by atoms with Crippen molar-refractivity contribution in [3.05, 3.63) is 0 Å². The van der Waals surface area contributed by atoms with E-state index in [1.165, 1.54) is 0 Å². The van der Waals surface area contributed by atoms with Crippen molar-refractivity contribution in [3.8, 4) is 11.6 Å². The molecule has 0 fully saturated rings. The fourth-order valence-electron chi connectivity index (χ4n) is 0. The van der Waals surface area contributed by atoms with Gasteiger partial charge in [0.15, 0.2) is 15.7 Å². The second-order valence-electron chi connectivity index (χ2n) is 0.289.